The molecule has 1 heterocycles. The van der Waals surface area contributed by atoms with Crippen molar-refractivity contribution in [3.05, 3.63) is 33.1 Å². The van der Waals surface area contributed by atoms with Crippen LogP contribution in [0.25, 0.3) is 0 Å². The molecular weight excluding hydrogens is 365 g/mol. The van der Waals surface area contributed by atoms with Crippen molar-refractivity contribution >= 4 is 51.8 Å². The Morgan fingerprint density at radius 2 is 2.00 bits per heavy atom. The van der Waals surface area contributed by atoms with E-state index >= 15 is 0 Å². The Bertz CT molecular complexity index is 549. The Kier molecular flexibility index (Phi) is 4.54. The van der Waals surface area contributed by atoms with E-state index in [2.05, 4.69) is 48.2 Å². The summed E-state index contributed by atoms with van der Waals surface area (Å²) in [5.41, 5.74) is 0.909. The van der Waals surface area contributed by atoms with E-state index < -0.39 is 0 Å². The molecule has 0 radical (unpaired) electrons. The molecule has 0 spiro atoms. The molecule has 0 aliphatic carbocycles. The van der Waals surface area contributed by atoms with E-state index in [0.717, 1.165) is 15.8 Å². The number of benzene rings is 1. The van der Waals surface area contributed by atoms with Crippen molar-refractivity contribution in [1.29, 1.82) is 0 Å². The second-order valence-corrected chi connectivity index (χ2v) is 5.00. The third kappa shape index (κ3) is 3.67. The molecule has 0 saturated carbocycles. The fourth-order valence-electron chi connectivity index (χ4n) is 1.34. The topological polar surface area (TPSA) is 62.7 Å². The molecule has 5 nitrogen and oxygen atoms in total. The van der Waals surface area contributed by atoms with E-state index in [1.807, 2.05) is 31.2 Å². The fraction of sp³-hybridized carbons (Fsp3) is 0.182. The molecule has 0 atom stereocenters. The first-order chi connectivity index (χ1) is 8.67. The third-order valence-corrected chi connectivity index (χ3v) is 2.86. The van der Waals surface area contributed by atoms with Gasteiger partial charge in [-0.15, -0.1) is 0 Å². The number of nitrogens with zero attached hydrogens (tertiary/aromatic N) is 3. The molecule has 18 heavy (non-hydrogen) atoms. The Balaban J connectivity index is 2.23. The van der Waals surface area contributed by atoms with E-state index in [1.165, 1.54) is 0 Å². The van der Waals surface area contributed by atoms with Crippen LogP contribution in [0.4, 0.5) is 17.6 Å². The summed E-state index contributed by atoms with van der Waals surface area (Å²) in [6.45, 7) is 2.69. The van der Waals surface area contributed by atoms with Gasteiger partial charge in [0.05, 0.1) is 0 Å². The molecule has 2 N–H and O–H groups in total. The first-order valence-corrected chi connectivity index (χ1v) is 6.81. The number of rotatable bonds is 4. The summed E-state index contributed by atoms with van der Waals surface area (Å²) in [5.74, 6) is 0.888. The molecule has 2 rings (SSSR count). The highest BCUT2D eigenvalue weighted by Gasteiger charge is 2.04. The minimum Gasteiger partial charge on any atom is -0.354 e. The summed E-state index contributed by atoms with van der Waals surface area (Å²) in [5, 5.41) is 6.25. The van der Waals surface area contributed by atoms with E-state index in [1.54, 1.807) is 0 Å². The lowest BCUT2D eigenvalue weighted by atomic mass is 10.3. The van der Waals surface area contributed by atoms with Gasteiger partial charge >= 0.3 is 0 Å². The van der Waals surface area contributed by atoms with Crippen molar-refractivity contribution in [1.82, 2.24) is 15.0 Å². The Morgan fingerprint density at radius 1 is 1.22 bits per heavy atom. The van der Waals surface area contributed by atoms with Crippen LogP contribution in [0, 0.1) is 3.57 Å². The number of halogens is 2. The number of nitrogens with one attached hydrogen (secondary N) is 2. The molecule has 2 aromatic rings. The molecule has 7 heteroatoms. The van der Waals surface area contributed by atoms with Crippen LogP contribution in [0.1, 0.15) is 6.92 Å². The largest absolute Gasteiger partial charge is 0.354 e. The zero-order chi connectivity index (χ0) is 13.0. The van der Waals surface area contributed by atoms with Crippen molar-refractivity contribution < 1.29 is 0 Å². The molecular formula is C11H11ClIN5. The minimum absolute atomic E-state index is 0.161. The standard InChI is InChI=1S/C11H11ClIN5/c1-2-14-10-16-9(12)17-11(18-10)15-8-5-3-4-7(13)6-8/h3-6H,2H2,1H3,(H2,14,15,16,17,18). The zero-order valence-electron chi connectivity index (χ0n) is 9.61. The summed E-state index contributed by atoms with van der Waals surface area (Å²) >= 11 is 8.08. The molecule has 0 unspecified atom stereocenters. The Labute approximate surface area is 124 Å². The molecule has 0 saturated heterocycles. The van der Waals surface area contributed by atoms with Gasteiger partial charge in [0.15, 0.2) is 0 Å². The van der Waals surface area contributed by atoms with Gasteiger partial charge in [-0.05, 0) is 59.3 Å². The summed E-state index contributed by atoms with van der Waals surface area (Å²) in [6, 6.07) is 7.90. The van der Waals surface area contributed by atoms with Crippen LogP contribution in [0.15, 0.2) is 24.3 Å². The second kappa shape index (κ2) is 6.14. The van der Waals surface area contributed by atoms with Gasteiger partial charge in [0.2, 0.25) is 17.2 Å². The van der Waals surface area contributed by atoms with Crippen molar-refractivity contribution in [3.8, 4) is 0 Å². The second-order valence-electron chi connectivity index (χ2n) is 3.42. The summed E-state index contributed by atoms with van der Waals surface area (Å²) in [4.78, 5) is 12.2. The highest BCUT2D eigenvalue weighted by molar-refractivity contribution is 14.1. The maximum atomic E-state index is 5.84. The normalized spacial score (nSPS) is 10.2. The van der Waals surface area contributed by atoms with Crippen molar-refractivity contribution in [2.45, 2.75) is 6.92 Å². The van der Waals surface area contributed by atoms with Gasteiger partial charge < -0.3 is 10.6 Å². The fourth-order valence-corrected chi connectivity index (χ4v) is 2.04. The molecule has 0 fully saturated rings. The lowest BCUT2D eigenvalue weighted by Gasteiger charge is -2.07. The van der Waals surface area contributed by atoms with E-state index in [-0.39, 0.29) is 5.28 Å². The van der Waals surface area contributed by atoms with Crippen molar-refractivity contribution in [2.24, 2.45) is 0 Å². The van der Waals surface area contributed by atoms with Crippen molar-refractivity contribution in [2.75, 3.05) is 17.2 Å². The minimum atomic E-state index is 0.161. The van der Waals surface area contributed by atoms with Gasteiger partial charge in [0.1, 0.15) is 0 Å². The van der Waals surface area contributed by atoms with Gasteiger partial charge in [-0.1, -0.05) is 6.07 Å². The lowest BCUT2D eigenvalue weighted by Crippen LogP contribution is -2.06. The third-order valence-electron chi connectivity index (χ3n) is 2.02. The molecule has 0 amide bonds. The highest BCUT2D eigenvalue weighted by atomic mass is 127. The summed E-state index contributed by atoms with van der Waals surface area (Å²) in [7, 11) is 0. The molecule has 0 aliphatic rings. The smallest absolute Gasteiger partial charge is 0.233 e. The number of hydrogen-bond donors (Lipinski definition) is 2. The van der Waals surface area contributed by atoms with Crippen LogP contribution in [0.3, 0.4) is 0 Å². The monoisotopic (exact) mass is 375 g/mol. The van der Waals surface area contributed by atoms with Gasteiger partial charge in [-0.2, -0.15) is 15.0 Å². The number of aromatic nitrogens is 3. The lowest BCUT2D eigenvalue weighted by molar-refractivity contribution is 1.02. The van der Waals surface area contributed by atoms with Gasteiger partial charge in [0, 0.05) is 15.8 Å². The maximum Gasteiger partial charge on any atom is 0.233 e. The first-order valence-electron chi connectivity index (χ1n) is 5.35. The van der Waals surface area contributed by atoms with E-state index in [4.69, 9.17) is 11.6 Å². The van der Waals surface area contributed by atoms with Crippen LogP contribution in [0.5, 0.6) is 0 Å². The average Bonchev–Trinajstić information content (AvgIpc) is 2.28. The Hall–Kier alpha value is -1.15. The Morgan fingerprint density at radius 3 is 2.72 bits per heavy atom. The number of anilines is 3. The van der Waals surface area contributed by atoms with Crippen LogP contribution in [-0.2, 0) is 0 Å². The van der Waals surface area contributed by atoms with Crippen LogP contribution >= 0.6 is 34.2 Å². The van der Waals surface area contributed by atoms with Crippen LogP contribution in [-0.4, -0.2) is 21.5 Å². The number of hydrogen-bond acceptors (Lipinski definition) is 5. The molecule has 1 aromatic heterocycles. The van der Waals surface area contributed by atoms with Gasteiger partial charge in [-0.3, -0.25) is 0 Å². The van der Waals surface area contributed by atoms with Crippen LogP contribution in [0.2, 0.25) is 5.28 Å². The van der Waals surface area contributed by atoms with Gasteiger partial charge in [0.25, 0.3) is 0 Å². The van der Waals surface area contributed by atoms with E-state index in [9.17, 15) is 0 Å². The molecule has 1 aromatic carbocycles. The summed E-state index contributed by atoms with van der Waals surface area (Å²) in [6.07, 6.45) is 0. The molecule has 0 bridgehead atoms. The molecule has 94 valence electrons. The first kappa shape index (κ1) is 13.3. The SMILES string of the molecule is CCNc1nc(Cl)nc(Nc2cccc(I)c2)n1. The predicted octanol–water partition coefficient (Wildman–Crippen LogP) is 3.31. The van der Waals surface area contributed by atoms with Crippen molar-refractivity contribution in [3.63, 3.8) is 0 Å². The quantitative estimate of drug-likeness (QED) is 0.803. The zero-order valence-corrected chi connectivity index (χ0v) is 12.5. The summed E-state index contributed by atoms with van der Waals surface area (Å²) < 4.78 is 1.13. The van der Waals surface area contributed by atoms with Gasteiger partial charge in [-0.25, -0.2) is 0 Å². The predicted molar refractivity (Wildman–Crippen MR) is 81.4 cm³/mol. The maximum absolute atomic E-state index is 5.84. The average molecular weight is 376 g/mol. The van der Waals surface area contributed by atoms with E-state index in [0.29, 0.717) is 11.9 Å². The molecule has 0 aliphatic heterocycles. The highest BCUT2D eigenvalue weighted by Crippen LogP contribution is 2.17. The van der Waals surface area contributed by atoms with Crippen LogP contribution < -0.4 is 10.6 Å².